The lowest BCUT2D eigenvalue weighted by atomic mass is 10.1. The summed E-state index contributed by atoms with van der Waals surface area (Å²) in [6.07, 6.45) is 2.08. The van der Waals surface area contributed by atoms with Crippen LogP contribution >= 0.6 is 11.8 Å². The van der Waals surface area contributed by atoms with Crippen LogP contribution in [0, 0.1) is 0 Å². The van der Waals surface area contributed by atoms with Crippen molar-refractivity contribution in [2.24, 2.45) is 0 Å². The van der Waals surface area contributed by atoms with Crippen molar-refractivity contribution in [3.8, 4) is 0 Å². The summed E-state index contributed by atoms with van der Waals surface area (Å²) in [5.41, 5.74) is 1.20. The second kappa shape index (κ2) is 5.42. The molecule has 1 fully saturated rings. The zero-order valence-corrected chi connectivity index (χ0v) is 11.6. The van der Waals surface area contributed by atoms with Crippen LogP contribution in [0.4, 0.5) is 0 Å². The molecule has 5 heteroatoms. The van der Waals surface area contributed by atoms with E-state index in [1.54, 1.807) is 28.2 Å². The van der Waals surface area contributed by atoms with Gasteiger partial charge in [0.2, 0.25) is 10.0 Å². The molecule has 0 spiro atoms. The normalized spacial score (nSPS) is 17.5. The highest BCUT2D eigenvalue weighted by molar-refractivity contribution is 8.00. The molecule has 3 nitrogen and oxygen atoms in total. The summed E-state index contributed by atoms with van der Waals surface area (Å²) < 4.78 is 26.0. The first-order valence-corrected chi connectivity index (χ1v) is 8.41. The molecule has 0 amide bonds. The minimum atomic E-state index is -3.26. The lowest BCUT2D eigenvalue weighted by Crippen LogP contribution is -2.27. The van der Waals surface area contributed by atoms with Gasteiger partial charge in [-0.15, -0.1) is 11.8 Å². The molecule has 94 valence electrons. The van der Waals surface area contributed by atoms with Gasteiger partial charge in [0.1, 0.15) is 0 Å². The summed E-state index contributed by atoms with van der Waals surface area (Å²) in [4.78, 5) is 0.417. The van der Waals surface area contributed by atoms with E-state index in [2.05, 4.69) is 6.92 Å². The van der Waals surface area contributed by atoms with Crippen LogP contribution in [0.15, 0.2) is 29.2 Å². The maximum atomic E-state index is 12.2. The Morgan fingerprint density at radius 1 is 1.29 bits per heavy atom. The molecule has 1 heterocycles. The number of hydrogen-bond acceptors (Lipinski definition) is 3. The van der Waals surface area contributed by atoms with E-state index in [4.69, 9.17) is 0 Å². The molecule has 1 aliphatic heterocycles. The molecular formula is C12H17NO2S2. The van der Waals surface area contributed by atoms with E-state index in [-0.39, 0.29) is 0 Å². The largest absolute Gasteiger partial charge is 0.243 e. The molecule has 2 rings (SSSR count). The number of rotatable bonds is 4. The Balaban J connectivity index is 2.21. The Morgan fingerprint density at radius 3 is 2.53 bits per heavy atom. The van der Waals surface area contributed by atoms with Gasteiger partial charge >= 0.3 is 0 Å². The van der Waals surface area contributed by atoms with Gasteiger partial charge in [0.05, 0.1) is 10.8 Å². The van der Waals surface area contributed by atoms with E-state index in [0.717, 1.165) is 18.6 Å². The Morgan fingerprint density at radius 2 is 2.00 bits per heavy atom. The number of thioether (sulfide) groups is 1. The zero-order chi connectivity index (χ0) is 12.3. The van der Waals surface area contributed by atoms with Crippen molar-refractivity contribution in [3.05, 3.63) is 29.8 Å². The zero-order valence-electron chi connectivity index (χ0n) is 9.93. The van der Waals surface area contributed by atoms with Crippen LogP contribution in [0.25, 0.3) is 0 Å². The standard InChI is InChI=1S/C12H17NO2S2/c1-2-3-11-4-6-12(7-5-11)17(14,15)13-8-9-16-10-13/h4-7H,2-3,8-10H2,1H3. The quantitative estimate of drug-likeness (QED) is 0.843. The van der Waals surface area contributed by atoms with E-state index in [9.17, 15) is 8.42 Å². The van der Waals surface area contributed by atoms with Crippen LogP contribution in [-0.4, -0.2) is 30.9 Å². The predicted molar refractivity (Wildman–Crippen MR) is 71.7 cm³/mol. The van der Waals surface area contributed by atoms with Gasteiger partial charge in [-0.1, -0.05) is 25.5 Å². The van der Waals surface area contributed by atoms with E-state index in [1.807, 2.05) is 12.1 Å². The molecule has 17 heavy (non-hydrogen) atoms. The van der Waals surface area contributed by atoms with E-state index in [1.165, 1.54) is 5.56 Å². The average Bonchev–Trinajstić information content (AvgIpc) is 2.84. The van der Waals surface area contributed by atoms with Crippen LogP contribution < -0.4 is 0 Å². The molecule has 0 atom stereocenters. The van der Waals surface area contributed by atoms with Crippen LogP contribution in [-0.2, 0) is 16.4 Å². The van der Waals surface area contributed by atoms with Crippen molar-refractivity contribution in [1.29, 1.82) is 0 Å². The maximum Gasteiger partial charge on any atom is 0.243 e. The first kappa shape index (κ1) is 12.9. The molecule has 0 aromatic heterocycles. The third kappa shape index (κ3) is 2.84. The Hall–Kier alpha value is -0.520. The van der Waals surface area contributed by atoms with Gasteiger partial charge in [0, 0.05) is 12.3 Å². The molecule has 0 radical (unpaired) electrons. The van der Waals surface area contributed by atoms with Crippen LogP contribution in [0.1, 0.15) is 18.9 Å². The molecule has 1 aromatic rings. The van der Waals surface area contributed by atoms with Crippen LogP contribution in [0.2, 0.25) is 0 Å². The van der Waals surface area contributed by atoms with Gasteiger partial charge < -0.3 is 0 Å². The number of sulfonamides is 1. The Labute approximate surface area is 107 Å². The summed E-state index contributed by atoms with van der Waals surface area (Å²) in [6.45, 7) is 2.75. The smallest absolute Gasteiger partial charge is 0.207 e. The van der Waals surface area contributed by atoms with Gasteiger partial charge in [-0.3, -0.25) is 0 Å². The predicted octanol–water partition coefficient (Wildman–Crippen LogP) is 2.33. The monoisotopic (exact) mass is 271 g/mol. The average molecular weight is 271 g/mol. The lowest BCUT2D eigenvalue weighted by molar-refractivity contribution is 0.489. The fourth-order valence-electron chi connectivity index (χ4n) is 1.85. The van der Waals surface area contributed by atoms with Gasteiger partial charge in [-0.25, -0.2) is 8.42 Å². The second-order valence-electron chi connectivity index (χ2n) is 4.11. The van der Waals surface area contributed by atoms with Crippen LogP contribution in [0.3, 0.4) is 0 Å². The molecule has 1 aliphatic rings. The van der Waals surface area contributed by atoms with Crippen molar-refractivity contribution in [2.45, 2.75) is 24.7 Å². The molecule has 0 N–H and O–H groups in total. The SMILES string of the molecule is CCCc1ccc(S(=O)(=O)N2CCSC2)cc1. The first-order valence-electron chi connectivity index (χ1n) is 5.81. The summed E-state index contributed by atoms with van der Waals surface area (Å²) in [5, 5.41) is 0. The van der Waals surface area contributed by atoms with Gasteiger partial charge in [-0.2, -0.15) is 4.31 Å². The van der Waals surface area contributed by atoms with Gasteiger partial charge in [0.15, 0.2) is 0 Å². The third-order valence-electron chi connectivity index (χ3n) is 2.82. The van der Waals surface area contributed by atoms with Crippen molar-refractivity contribution in [1.82, 2.24) is 4.31 Å². The minimum absolute atomic E-state index is 0.417. The van der Waals surface area contributed by atoms with Crippen molar-refractivity contribution in [3.63, 3.8) is 0 Å². The fraction of sp³-hybridized carbons (Fsp3) is 0.500. The molecule has 1 saturated heterocycles. The molecule has 0 aliphatic carbocycles. The molecular weight excluding hydrogens is 254 g/mol. The highest BCUT2D eigenvalue weighted by Crippen LogP contribution is 2.23. The van der Waals surface area contributed by atoms with Crippen LogP contribution in [0.5, 0.6) is 0 Å². The van der Waals surface area contributed by atoms with Crippen molar-refractivity contribution >= 4 is 21.8 Å². The maximum absolute atomic E-state index is 12.2. The molecule has 0 bridgehead atoms. The van der Waals surface area contributed by atoms with E-state index in [0.29, 0.717) is 17.3 Å². The lowest BCUT2D eigenvalue weighted by Gasteiger charge is -2.14. The summed E-state index contributed by atoms with van der Waals surface area (Å²) in [5.74, 6) is 1.48. The highest BCUT2D eigenvalue weighted by Gasteiger charge is 2.27. The summed E-state index contributed by atoms with van der Waals surface area (Å²) in [6, 6.07) is 7.28. The van der Waals surface area contributed by atoms with Gasteiger partial charge in [0.25, 0.3) is 0 Å². The summed E-state index contributed by atoms with van der Waals surface area (Å²) in [7, 11) is -3.26. The van der Waals surface area contributed by atoms with Crippen molar-refractivity contribution in [2.75, 3.05) is 18.2 Å². The van der Waals surface area contributed by atoms with Gasteiger partial charge in [-0.05, 0) is 24.1 Å². The fourth-order valence-corrected chi connectivity index (χ4v) is 4.67. The number of hydrogen-bond donors (Lipinski definition) is 0. The minimum Gasteiger partial charge on any atom is -0.207 e. The van der Waals surface area contributed by atoms with Crippen molar-refractivity contribution < 1.29 is 8.42 Å². The second-order valence-corrected chi connectivity index (χ2v) is 7.12. The highest BCUT2D eigenvalue weighted by atomic mass is 32.2. The van der Waals surface area contributed by atoms with E-state index < -0.39 is 10.0 Å². The number of benzene rings is 1. The Bertz CT molecular complexity index is 462. The number of aryl methyl sites for hydroxylation is 1. The number of nitrogens with zero attached hydrogens (tertiary/aromatic N) is 1. The van der Waals surface area contributed by atoms with E-state index >= 15 is 0 Å². The molecule has 1 aromatic carbocycles. The first-order chi connectivity index (χ1) is 8.14. The molecule has 0 unspecified atom stereocenters. The Kier molecular flexibility index (Phi) is 4.12. The molecule has 0 saturated carbocycles. The third-order valence-corrected chi connectivity index (χ3v) is 5.81. The topological polar surface area (TPSA) is 37.4 Å². The summed E-state index contributed by atoms with van der Waals surface area (Å²) >= 11 is 1.66.